The van der Waals surface area contributed by atoms with Crippen molar-refractivity contribution in [1.82, 2.24) is 20.1 Å². The van der Waals surface area contributed by atoms with Crippen LogP contribution in [0.3, 0.4) is 0 Å². The molecule has 2 fully saturated rings. The second-order valence-corrected chi connectivity index (χ2v) is 8.34. The molecule has 0 aromatic carbocycles. The molecule has 2 saturated carbocycles. The van der Waals surface area contributed by atoms with E-state index in [1.54, 1.807) is 6.26 Å². The molecule has 2 aliphatic rings. The van der Waals surface area contributed by atoms with Gasteiger partial charge < -0.3 is 9.73 Å². The normalized spacial score (nSPS) is 19.2. The first-order valence-electron chi connectivity index (χ1n) is 9.13. The van der Waals surface area contributed by atoms with Crippen molar-refractivity contribution in [3.8, 4) is 0 Å². The number of rotatable bonds is 7. The summed E-state index contributed by atoms with van der Waals surface area (Å²) in [5, 5.41) is 12.5. The van der Waals surface area contributed by atoms with Crippen molar-refractivity contribution >= 4 is 17.7 Å². The van der Waals surface area contributed by atoms with Gasteiger partial charge in [-0.05, 0) is 44.7 Å². The smallest absolute Gasteiger partial charge is 0.233 e. The number of carbonyl (C=O) groups is 1. The third-order valence-electron chi connectivity index (χ3n) is 4.93. The van der Waals surface area contributed by atoms with Gasteiger partial charge in [0, 0.05) is 12.0 Å². The number of hydrogen-bond donors (Lipinski definition) is 1. The molecule has 0 aliphatic heterocycles. The number of nitrogens with zero attached hydrogens (tertiary/aromatic N) is 3. The molecule has 2 aliphatic carbocycles. The number of carbonyl (C=O) groups excluding carboxylic acids is 1. The number of thioether (sulfide) groups is 1. The lowest BCUT2D eigenvalue weighted by molar-refractivity contribution is -0.120. The highest BCUT2D eigenvalue weighted by Crippen LogP contribution is 2.40. The summed E-state index contributed by atoms with van der Waals surface area (Å²) in [5.74, 6) is 2.49. The second-order valence-electron chi connectivity index (χ2n) is 7.03. The summed E-state index contributed by atoms with van der Waals surface area (Å²) in [6.45, 7) is 2.56. The number of aromatic nitrogens is 3. The quantitative estimate of drug-likeness (QED) is 0.767. The van der Waals surface area contributed by atoms with Gasteiger partial charge in [-0.25, -0.2) is 0 Å². The van der Waals surface area contributed by atoms with Crippen LogP contribution in [0.5, 0.6) is 0 Å². The molecule has 1 atom stereocenters. The third-order valence-corrected chi connectivity index (χ3v) is 6.02. The SMILES string of the molecule is CC(Sc1nnc(C2CC2)n1Cc1ccco1)C(=O)NC1CCCC1. The lowest BCUT2D eigenvalue weighted by atomic mass is 10.2. The molecule has 2 heterocycles. The Morgan fingerprint density at radius 1 is 1.36 bits per heavy atom. The maximum atomic E-state index is 12.5. The fourth-order valence-corrected chi connectivity index (χ4v) is 4.20. The predicted molar refractivity (Wildman–Crippen MR) is 95.5 cm³/mol. The highest BCUT2D eigenvalue weighted by atomic mass is 32.2. The van der Waals surface area contributed by atoms with Crippen LogP contribution < -0.4 is 5.32 Å². The Bertz CT molecular complexity index is 718. The molecule has 4 rings (SSSR count). The average molecular weight is 360 g/mol. The lowest BCUT2D eigenvalue weighted by Crippen LogP contribution is -2.37. The zero-order chi connectivity index (χ0) is 17.2. The van der Waals surface area contributed by atoms with Crippen LogP contribution in [0.2, 0.25) is 0 Å². The first kappa shape index (κ1) is 16.7. The van der Waals surface area contributed by atoms with E-state index in [1.165, 1.54) is 37.4 Å². The average Bonchev–Trinajstić information content (AvgIpc) is 3.01. The molecule has 0 spiro atoms. The molecule has 0 saturated heterocycles. The Morgan fingerprint density at radius 3 is 2.84 bits per heavy atom. The first-order valence-corrected chi connectivity index (χ1v) is 10.0. The van der Waals surface area contributed by atoms with Crippen molar-refractivity contribution in [2.45, 2.75) is 74.4 Å². The molecule has 1 amide bonds. The molecule has 0 radical (unpaired) electrons. The summed E-state index contributed by atoms with van der Waals surface area (Å²) in [5.41, 5.74) is 0. The molecule has 2 aromatic heterocycles. The van der Waals surface area contributed by atoms with Crippen molar-refractivity contribution in [3.63, 3.8) is 0 Å². The van der Waals surface area contributed by atoms with Crippen LogP contribution in [0.4, 0.5) is 0 Å². The molecule has 1 N–H and O–H groups in total. The Hall–Kier alpha value is -1.76. The minimum Gasteiger partial charge on any atom is -0.467 e. The summed E-state index contributed by atoms with van der Waals surface area (Å²) in [6.07, 6.45) is 8.65. The molecular formula is C18H24N4O2S. The van der Waals surface area contributed by atoms with Crippen molar-refractivity contribution in [3.05, 3.63) is 30.0 Å². The highest BCUT2D eigenvalue weighted by Gasteiger charge is 2.31. The van der Waals surface area contributed by atoms with Gasteiger partial charge >= 0.3 is 0 Å². The van der Waals surface area contributed by atoms with Crippen LogP contribution in [0.25, 0.3) is 0 Å². The van der Waals surface area contributed by atoms with Gasteiger partial charge in [0.25, 0.3) is 0 Å². The van der Waals surface area contributed by atoms with Gasteiger partial charge in [-0.1, -0.05) is 24.6 Å². The van der Waals surface area contributed by atoms with Crippen molar-refractivity contribution in [1.29, 1.82) is 0 Å². The minimum absolute atomic E-state index is 0.0948. The van der Waals surface area contributed by atoms with Gasteiger partial charge in [0.15, 0.2) is 5.16 Å². The standard InChI is InChI=1S/C18H24N4O2S/c1-12(17(23)19-14-5-2-3-6-14)25-18-21-20-16(13-8-9-13)22(18)11-15-7-4-10-24-15/h4,7,10,12-14H,2-3,5-6,8-9,11H2,1H3,(H,19,23). The maximum Gasteiger partial charge on any atom is 0.233 e. The number of amides is 1. The fourth-order valence-electron chi connectivity index (χ4n) is 3.34. The zero-order valence-corrected chi connectivity index (χ0v) is 15.3. The first-order chi connectivity index (χ1) is 12.2. The van der Waals surface area contributed by atoms with E-state index in [2.05, 4.69) is 20.1 Å². The minimum atomic E-state index is -0.188. The van der Waals surface area contributed by atoms with Gasteiger partial charge in [0.2, 0.25) is 5.91 Å². The topological polar surface area (TPSA) is 73.0 Å². The molecule has 0 bridgehead atoms. The lowest BCUT2D eigenvalue weighted by Gasteiger charge is -2.16. The zero-order valence-electron chi connectivity index (χ0n) is 14.5. The van der Waals surface area contributed by atoms with E-state index in [0.29, 0.717) is 18.5 Å². The van der Waals surface area contributed by atoms with Gasteiger partial charge in [0.1, 0.15) is 11.6 Å². The van der Waals surface area contributed by atoms with Gasteiger partial charge in [-0.2, -0.15) is 0 Å². The second kappa shape index (κ2) is 7.23. The number of nitrogens with one attached hydrogen (secondary N) is 1. The molecule has 2 aromatic rings. The Balaban J connectivity index is 1.46. The Labute approximate surface area is 151 Å². The van der Waals surface area contributed by atoms with Crippen LogP contribution >= 0.6 is 11.8 Å². The van der Waals surface area contributed by atoms with E-state index in [1.807, 2.05) is 19.1 Å². The van der Waals surface area contributed by atoms with Crippen LogP contribution in [-0.2, 0) is 11.3 Å². The van der Waals surface area contributed by atoms with Gasteiger partial charge in [-0.15, -0.1) is 10.2 Å². The Morgan fingerprint density at radius 2 is 2.16 bits per heavy atom. The van der Waals surface area contributed by atoms with E-state index in [-0.39, 0.29) is 11.2 Å². The van der Waals surface area contributed by atoms with Crippen LogP contribution in [0, 0.1) is 0 Å². The Kier molecular flexibility index (Phi) is 4.83. The van der Waals surface area contributed by atoms with E-state index in [9.17, 15) is 4.79 Å². The summed E-state index contributed by atoms with van der Waals surface area (Å²) in [4.78, 5) is 12.5. The van der Waals surface area contributed by atoms with E-state index >= 15 is 0 Å². The molecule has 25 heavy (non-hydrogen) atoms. The summed E-state index contributed by atoms with van der Waals surface area (Å²) in [7, 11) is 0. The monoisotopic (exact) mass is 360 g/mol. The number of furan rings is 1. The van der Waals surface area contributed by atoms with E-state index in [4.69, 9.17) is 4.42 Å². The number of hydrogen-bond acceptors (Lipinski definition) is 5. The highest BCUT2D eigenvalue weighted by molar-refractivity contribution is 8.00. The molecular weight excluding hydrogens is 336 g/mol. The van der Waals surface area contributed by atoms with Crippen LogP contribution in [0.15, 0.2) is 28.0 Å². The maximum absolute atomic E-state index is 12.5. The van der Waals surface area contributed by atoms with Crippen molar-refractivity contribution < 1.29 is 9.21 Å². The molecule has 1 unspecified atom stereocenters. The van der Waals surface area contributed by atoms with E-state index < -0.39 is 0 Å². The fraction of sp³-hybridized carbons (Fsp3) is 0.611. The van der Waals surface area contributed by atoms with Gasteiger partial charge in [0.05, 0.1) is 18.1 Å². The van der Waals surface area contributed by atoms with Crippen LogP contribution in [-0.4, -0.2) is 32.0 Å². The summed E-state index contributed by atoms with van der Waals surface area (Å²) in [6, 6.07) is 4.20. The third kappa shape index (κ3) is 3.92. The van der Waals surface area contributed by atoms with E-state index in [0.717, 1.165) is 29.6 Å². The molecule has 7 heteroatoms. The predicted octanol–water partition coefficient (Wildman–Crippen LogP) is 3.34. The molecule has 6 nitrogen and oxygen atoms in total. The molecule has 134 valence electrons. The van der Waals surface area contributed by atoms with Gasteiger partial charge in [-0.3, -0.25) is 9.36 Å². The summed E-state index contributed by atoms with van der Waals surface area (Å²) < 4.78 is 7.60. The largest absolute Gasteiger partial charge is 0.467 e. The van der Waals surface area contributed by atoms with Crippen molar-refractivity contribution in [2.24, 2.45) is 0 Å². The van der Waals surface area contributed by atoms with Crippen molar-refractivity contribution in [2.75, 3.05) is 0 Å². The summed E-state index contributed by atoms with van der Waals surface area (Å²) >= 11 is 1.49. The van der Waals surface area contributed by atoms with Crippen LogP contribution in [0.1, 0.15) is 63.0 Å².